The predicted octanol–water partition coefficient (Wildman–Crippen LogP) is 4.61. The van der Waals surface area contributed by atoms with E-state index in [1.54, 1.807) is 0 Å². The Morgan fingerprint density at radius 2 is 2.10 bits per heavy atom. The van der Waals surface area contributed by atoms with E-state index in [1.807, 2.05) is 0 Å². The van der Waals surface area contributed by atoms with Crippen molar-refractivity contribution in [3.8, 4) is 0 Å². The van der Waals surface area contributed by atoms with Crippen molar-refractivity contribution >= 4 is 15.9 Å². The first kappa shape index (κ1) is 17.0. The number of piperazine rings is 1. The van der Waals surface area contributed by atoms with Gasteiger partial charge >= 0.3 is 0 Å². The van der Waals surface area contributed by atoms with E-state index in [9.17, 15) is 0 Å². The number of hydrogen-bond donors (Lipinski definition) is 1. The third kappa shape index (κ3) is 4.54. The molecule has 0 bridgehead atoms. The molecule has 1 heterocycles. The number of halogens is 1. The zero-order valence-electron chi connectivity index (χ0n) is 13.8. The highest BCUT2D eigenvalue weighted by molar-refractivity contribution is 9.10. The smallest absolute Gasteiger partial charge is 0.0324 e. The second kappa shape index (κ2) is 7.75. The minimum atomic E-state index is 0.476. The van der Waals surface area contributed by atoms with Crippen molar-refractivity contribution in [2.45, 2.75) is 58.7 Å². The van der Waals surface area contributed by atoms with Gasteiger partial charge in [0.1, 0.15) is 0 Å². The van der Waals surface area contributed by atoms with Crippen molar-refractivity contribution in [1.82, 2.24) is 10.2 Å². The number of hydrogen-bond acceptors (Lipinski definition) is 2. The molecule has 0 aromatic heterocycles. The topological polar surface area (TPSA) is 15.3 Å². The average Bonchev–Trinajstić information content (AvgIpc) is 2.46. The summed E-state index contributed by atoms with van der Waals surface area (Å²) in [6.07, 6.45) is 2.47. The lowest BCUT2D eigenvalue weighted by Crippen LogP contribution is -2.57. The van der Waals surface area contributed by atoms with Crippen LogP contribution in [-0.4, -0.2) is 30.1 Å². The van der Waals surface area contributed by atoms with E-state index >= 15 is 0 Å². The van der Waals surface area contributed by atoms with Gasteiger partial charge in [-0.3, -0.25) is 4.90 Å². The first-order valence-electron chi connectivity index (χ1n) is 8.25. The van der Waals surface area contributed by atoms with Crippen molar-refractivity contribution in [3.05, 3.63) is 34.3 Å². The fourth-order valence-corrected chi connectivity index (χ4v) is 3.84. The van der Waals surface area contributed by atoms with Crippen LogP contribution < -0.4 is 5.32 Å². The van der Waals surface area contributed by atoms with Gasteiger partial charge in [0.25, 0.3) is 0 Å². The molecule has 1 aromatic carbocycles. The van der Waals surface area contributed by atoms with E-state index in [-0.39, 0.29) is 0 Å². The van der Waals surface area contributed by atoms with Crippen LogP contribution >= 0.6 is 15.9 Å². The van der Waals surface area contributed by atoms with E-state index < -0.39 is 0 Å². The largest absolute Gasteiger partial charge is 0.311 e. The van der Waals surface area contributed by atoms with Gasteiger partial charge in [0.15, 0.2) is 0 Å². The number of rotatable bonds is 5. The summed E-state index contributed by atoms with van der Waals surface area (Å²) >= 11 is 3.60. The summed E-state index contributed by atoms with van der Waals surface area (Å²) in [7, 11) is 0. The zero-order chi connectivity index (χ0) is 15.4. The van der Waals surface area contributed by atoms with Crippen LogP contribution in [0.3, 0.4) is 0 Å². The van der Waals surface area contributed by atoms with E-state index in [2.05, 4.69) is 78.1 Å². The minimum Gasteiger partial charge on any atom is -0.311 e. The predicted molar refractivity (Wildman–Crippen MR) is 94.6 cm³/mol. The molecule has 0 aliphatic carbocycles. The summed E-state index contributed by atoms with van der Waals surface area (Å²) in [5.74, 6) is 0.753. The van der Waals surface area contributed by atoms with E-state index in [0.29, 0.717) is 18.1 Å². The van der Waals surface area contributed by atoms with Gasteiger partial charge in [-0.2, -0.15) is 0 Å². The summed E-state index contributed by atoms with van der Waals surface area (Å²) in [5.41, 5.74) is 1.41. The molecule has 2 nitrogen and oxygen atoms in total. The average molecular weight is 353 g/mol. The standard InChI is InChI=1S/C18H29BrN2/c1-5-18-11-20-17(9-13(2)3)12-21(18)14(4)15-7-6-8-16(19)10-15/h6-8,10,13-14,17-18,20H,5,9,11-12H2,1-4H3. The Hall–Kier alpha value is -0.380. The van der Waals surface area contributed by atoms with Crippen molar-refractivity contribution in [3.63, 3.8) is 0 Å². The van der Waals surface area contributed by atoms with Gasteiger partial charge < -0.3 is 5.32 Å². The van der Waals surface area contributed by atoms with Crippen LogP contribution in [0.15, 0.2) is 28.7 Å². The lowest BCUT2D eigenvalue weighted by Gasteiger charge is -2.44. The van der Waals surface area contributed by atoms with Crippen LogP contribution in [0.2, 0.25) is 0 Å². The highest BCUT2D eigenvalue weighted by Crippen LogP contribution is 2.28. The van der Waals surface area contributed by atoms with Crippen LogP contribution in [-0.2, 0) is 0 Å². The molecule has 1 aliphatic heterocycles. The molecular weight excluding hydrogens is 324 g/mol. The number of benzene rings is 1. The van der Waals surface area contributed by atoms with Crippen molar-refractivity contribution in [2.75, 3.05) is 13.1 Å². The summed E-state index contributed by atoms with van der Waals surface area (Å²) in [4.78, 5) is 2.70. The summed E-state index contributed by atoms with van der Waals surface area (Å²) < 4.78 is 1.17. The second-order valence-electron chi connectivity index (χ2n) is 6.72. The molecule has 118 valence electrons. The normalized spacial score (nSPS) is 25.2. The van der Waals surface area contributed by atoms with Gasteiger partial charge in [-0.15, -0.1) is 0 Å². The molecule has 3 heteroatoms. The van der Waals surface area contributed by atoms with Crippen molar-refractivity contribution < 1.29 is 0 Å². The Kier molecular flexibility index (Phi) is 6.27. The molecule has 1 saturated heterocycles. The minimum absolute atomic E-state index is 0.476. The molecular formula is C18H29BrN2. The third-order valence-corrected chi connectivity index (χ3v) is 5.09. The summed E-state index contributed by atoms with van der Waals surface area (Å²) in [6.45, 7) is 11.6. The van der Waals surface area contributed by atoms with Crippen LogP contribution in [0.1, 0.15) is 52.1 Å². The molecule has 0 amide bonds. The molecule has 0 saturated carbocycles. The van der Waals surface area contributed by atoms with Gasteiger partial charge in [-0.1, -0.05) is 48.8 Å². The summed E-state index contributed by atoms with van der Waals surface area (Å²) in [6, 6.07) is 10.5. The Bertz CT molecular complexity index is 447. The molecule has 2 rings (SSSR count). The van der Waals surface area contributed by atoms with Crippen molar-refractivity contribution in [1.29, 1.82) is 0 Å². The van der Waals surface area contributed by atoms with Crippen LogP contribution in [0.4, 0.5) is 0 Å². The van der Waals surface area contributed by atoms with E-state index in [0.717, 1.165) is 19.0 Å². The summed E-state index contributed by atoms with van der Waals surface area (Å²) in [5, 5.41) is 3.75. The maximum Gasteiger partial charge on any atom is 0.0324 e. The molecule has 0 radical (unpaired) electrons. The Labute approximate surface area is 138 Å². The quantitative estimate of drug-likeness (QED) is 0.832. The second-order valence-corrected chi connectivity index (χ2v) is 7.64. The van der Waals surface area contributed by atoms with Crippen molar-refractivity contribution in [2.24, 2.45) is 5.92 Å². The molecule has 1 fully saturated rings. The lowest BCUT2D eigenvalue weighted by molar-refractivity contribution is 0.0803. The van der Waals surface area contributed by atoms with Gasteiger partial charge in [0.2, 0.25) is 0 Å². The molecule has 3 unspecified atom stereocenters. The molecule has 3 atom stereocenters. The monoisotopic (exact) mass is 352 g/mol. The molecule has 1 aliphatic rings. The maximum atomic E-state index is 3.75. The van der Waals surface area contributed by atoms with Gasteiger partial charge in [-0.05, 0) is 43.4 Å². The molecule has 1 aromatic rings. The molecule has 0 spiro atoms. The van der Waals surface area contributed by atoms with E-state index in [4.69, 9.17) is 0 Å². The van der Waals surface area contributed by atoms with Gasteiger partial charge in [0.05, 0.1) is 0 Å². The third-order valence-electron chi connectivity index (χ3n) is 4.60. The lowest BCUT2D eigenvalue weighted by atomic mass is 9.96. The zero-order valence-corrected chi connectivity index (χ0v) is 15.4. The SMILES string of the molecule is CCC1CNC(CC(C)C)CN1C(C)c1cccc(Br)c1. The highest BCUT2D eigenvalue weighted by atomic mass is 79.9. The van der Waals surface area contributed by atoms with Crippen LogP contribution in [0.5, 0.6) is 0 Å². The van der Waals surface area contributed by atoms with Crippen LogP contribution in [0, 0.1) is 5.92 Å². The van der Waals surface area contributed by atoms with Gasteiger partial charge in [0, 0.05) is 35.7 Å². The van der Waals surface area contributed by atoms with Crippen LogP contribution in [0.25, 0.3) is 0 Å². The maximum absolute atomic E-state index is 3.75. The molecule has 21 heavy (non-hydrogen) atoms. The van der Waals surface area contributed by atoms with E-state index in [1.165, 1.54) is 22.9 Å². The fraction of sp³-hybridized carbons (Fsp3) is 0.667. The first-order chi connectivity index (χ1) is 10.0. The van der Waals surface area contributed by atoms with Gasteiger partial charge in [-0.25, -0.2) is 0 Å². The highest BCUT2D eigenvalue weighted by Gasteiger charge is 2.30. The Balaban J connectivity index is 2.12. The Morgan fingerprint density at radius 3 is 2.71 bits per heavy atom. The number of nitrogens with zero attached hydrogens (tertiary/aromatic N) is 1. The fourth-order valence-electron chi connectivity index (χ4n) is 3.43. The number of nitrogens with one attached hydrogen (secondary N) is 1. The molecule has 1 N–H and O–H groups in total. The first-order valence-corrected chi connectivity index (χ1v) is 9.05. The Morgan fingerprint density at radius 1 is 1.33 bits per heavy atom.